The van der Waals surface area contributed by atoms with Crippen molar-refractivity contribution in [2.24, 2.45) is 0 Å². The molecule has 0 N–H and O–H groups in total. The lowest BCUT2D eigenvalue weighted by atomic mass is 9.86. The Hall–Kier alpha value is -7.30. The maximum absolute atomic E-state index is 6.75. The zero-order valence-corrected chi connectivity index (χ0v) is 42.9. The number of benzene rings is 9. The van der Waals surface area contributed by atoms with E-state index in [2.05, 4.69) is 263 Å². The van der Waals surface area contributed by atoms with Crippen LogP contribution >= 0.6 is 0 Å². The Balaban J connectivity index is 0.971. The van der Waals surface area contributed by atoms with Crippen LogP contribution in [0, 0.1) is 0 Å². The highest BCUT2D eigenvalue weighted by molar-refractivity contribution is 6.18. The second-order valence-electron chi connectivity index (χ2n) is 23.7. The molecule has 0 fully saturated rings. The number of nitrogens with zero attached hydrogens (tertiary/aromatic N) is 2. The molecular formula is C66H64N2O2. The molecule has 4 nitrogen and oxygen atoms in total. The minimum absolute atomic E-state index is 0.0666. The fourth-order valence-electron chi connectivity index (χ4n) is 10.1. The van der Waals surface area contributed by atoms with E-state index in [4.69, 9.17) is 8.83 Å². The van der Waals surface area contributed by atoms with Crippen LogP contribution in [0.25, 0.3) is 65.4 Å². The highest BCUT2D eigenvalue weighted by Crippen LogP contribution is 2.44. The molecule has 0 atom stereocenters. The van der Waals surface area contributed by atoms with Crippen molar-refractivity contribution in [1.82, 2.24) is 0 Å². The largest absolute Gasteiger partial charge is 0.456 e. The number of rotatable bonds is 6. The van der Waals surface area contributed by atoms with Gasteiger partial charge in [-0.3, -0.25) is 0 Å². The average Bonchev–Trinajstić information content (AvgIpc) is 3.84. The minimum atomic E-state index is 0.0666. The summed E-state index contributed by atoms with van der Waals surface area (Å²) < 4.78 is 13.5. The Bertz CT molecular complexity index is 3400. The van der Waals surface area contributed by atoms with Gasteiger partial charge in [-0.2, -0.15) is 0 Å². The van der Waals surface area contributed by atoms with Gasteiger partial charge in [-0.1, -0.05) is 144 Å². The lowest BCUT2D eigenvalue weighted by Crippen LogP contribution is -2.14. The number of hydrogen-bond donors (Lipinski definition) is 0. The molecule has 0 saturated carbocycles. The van der Waals surface area contributed by atoms with Gasteiger partial charge in [0.1, 0.15) is 22.3 Å². The zero-order chi connectivity index (χ0) is 49.1. The summed E-state index contributed by atoms with van der Waals surface area (Å²) in [7, 11) is 0. The van der Waals surface area contributed by atoms with Crippen molar-refractivity contribution >= 4 is 99.5 Å². The van der Waals surface area contributed by atoms with E-state index in [-0.39, 0.29) is 21.7 Å². The van der Waals surface area contributed by atoms with E-state index in [0.717, 1.165) is 99.5 Å². The molecule has 11 rings (SSSR count). The zero-order valence-electron chi connectivity index (χ0n) is 42.9. The predicted octanol–water partition coefficient (Wildman–Crippen LogP) is 19.9. The van der Waals surface area contributed by atoms with Gasteiger partial charge in [0.15, 0.2) is 0 Å². The predicted molar refractivity (Wildman–Crippen MR) is 300 cm³/mol. The topological polar surface area (TPSA) is 32.8 Å². The van der Waals surface area contributed by atoms with Gasteiger partial charge in [-0.15, -0.1) is 0 Å². The first-order chi connectivity index (χ1) is 33.2. The van der Waals surface area contributed by atoms with Crippen molar-refractivity contribution in [3.05, 3.63) is 192 Å². The van der Waals surface area contributed by atoms with Crippen molar-refractivity contribution in [1.29, 1.82) is 0 Å². The maximum Gasteiger partial charge on any atom is 0.136 e. The van der Waals surface area contributed by atoms with E-state index >= 15 is 0 Å². The van der Waals surface area contributed by atoms with Crippen LogP contribution in [0.4, 0.5) is 34.1 Å². The number of fused-ring (bicyclic) bond motifs is 8. The van der Waals surface area contributed by atoms with Crippen molar-refractivity contribution < 1.29 is 8.83 Å². The first-order valence-corrected chi connectivity index (χ1v) is 24.9. The van der Waals surface area contributed by atoms with Gasteiger partial charge in [-0.25, -0.2) is 0 Å². The third-order valence-electron chi connectivity index (χ3n) is 14.4. The molecule has 0 radical (unpaired) electrons. The summed E-state index contributed by atoms with van der Waals surface area (Å²) in [6.07, 6.45) is 0. The van der Waals surface area contributed by atoms with Crippen LogP contribution in [0.3, 0.4) is 0 Å². The van der Waals surface area contributed by atoms with Crippen LogP contribution in [0.2, 0.25) is 0 Å². The molecule has 0 bridgehead atoms. The smallest absolute Gasteiger partial charge is 0.136 e. The molecule has 9 aromatic carbocycles. The first-order valence-electron chi connectivity index (χ1n) is 24.9. The molecule has 70 heavy (non-hydrogen) atoms. The van der Waals surface area contributed by atoms with Gasteiger partial charge < -0.3 is 18.6 Å². The van der Waals surface area contributed by atoms with Gasteiger partial charge in [0.05, 0.1) is 0 Å². The summed E-state index contributed by atoms with van der Waals surface area (Å²) in [5, 5.41) is 8.79. The second-order valence-corrected chi connectivity index (χ2v) is 23.7. The molecule has 2 aromatic heterocycles. The molecule has 0 saturated heterocycles. The molecule has 4 heteroatoms. The van der Waals surface area contributed by atoms with E-state index in [9.17, 15) is 0 Å². The third-order valence-corrected chi connectivity index (χ3v) is 14.4. The summed E-state index contributed by atoms with van der Waals surface area (Å²) >= 11 is 0. The fourth-order valence-corrected chi connectivity index (χ4v) is 10.1. The molecule has 350 valence electrons. The Kier molecular flexibility index (Phi) is 10.4. The van der Waals surface area contributed by atoms with Crippen molar-refractivity contribution in [2.75, 3.05) is 9.80 Å². The van der Waals surface area contributed by atoms with E-state index < -0.39 is 0 Å². The van der Waals surface area contributed by atoms with Crippen LogP contribution in [-0.2, 0) is 21.7 Å². The molecule has 0 unspecified atom stereocenters. The summed E-state index contributed by atoms with van der Waals surface area (Å²) in [6, 6.07) is 62.9. The Morgan fingerprint density at radius 1 is 0.243 bits per heavy atom. The van der Waals surface area contributed by atoms with Gasteiger partial charge in [0.25, 0.3) is 0 Å². The standard InChI is InChI=1S/C66H64N2O2/c1-63(2,3)45-15-25-49(26-16-45)67(50-27-17-46(18-28-50)64(4,5)6)53-23-13-41-35-55-57-39-62-58(40-61(57)69-59(55)37-43(41)33-53)56-36-42-14-24-54(34-44(42)38-60(56)70-62)68(51-29-19-47(20-30-51)65(7,8)9)52-31-21-48(22-32-52)66(10,11)12/h13-40H,1-12H3. The molecule has 0 amide bonds. The number of hydrogen-bond acceptors (Lipinski definition) is 4. The molecular weight excluding hydrogens is 853 g/mol. The van der Waals surface area contributed by atoms with Crippen LogP contribution in [0.1, 0.15) is 105 Å². The van der Waals surface area contributed by atoms with Gasteiger partial charge in [-0.05, 0) is 175 Å². The summed E-state index contributed by atoms with van der Waals surface area (Å²) in [6.45, 7) is 27.2. The highest BCUT2D eigenvalue weighted by Gasteiger charge is 2.23. The lowest BCUT2D eigenvalue weighted by Gasteiger charge is -2.28. The van der Waals surface area contributed by atoms with Gasteiger partial charge in [0.2, 0.25) is 0 Å². The summed E-state index contributed by atoms with van der Waals surface area (Å²) in [5.41, 5.74) is 15.6. The first kappa shape index (κ1) is 45.2. The Morgan fingerprint density at radius 2 is 0.486 bits per heavy atom. The van der Waals surface area contributed by atoms with Crippen LogP contribution in [-0.4, -0.2) is 0 Å². The van der Waals surface area contributed by atoms with Gasteiger partial charge >= 0.3 is 0 Å². The molecule has 0 aliphatic rings. The molecule has 11 aromatic rings. The Morgan fingerprint density at radius 3 is 0.757 bits per heavy atom. The molecule has 0 aliphatic carbocycles. The number of anilines is 6. The molecule has 0 spiro atoms. The number of furan rings is 2. The van der Waals surface area contributed by atoms with E-state index in [0.29, 0.717) is 0 Å². The SMILES string of the molecule is CC(C)(C)c1ccc(N(c2ccc(C(C)(C)C)cc2)c2ccc3cc4c(cc3c2)oc2cc3c(cc24)oc2cc4cc(N(c5ccc(C(C)(C)C)cc5)c5ccc(C(C)(C)C)cc5)ccc4cc23)cc1. The minimum Gasteiger partial charge on any atom is -0.456 e. The third kappa shape index (κ3) is 8.17. The van der Waals surface area contributed by atoms with Crippen molar-refractivity contribution in [3.8, 4) is 0 Å². The molecule has 0 aliphatic heterocycles. The summed E-state index contributed by atoms with van der Waals surface area (Å²) in [5.74, 6) is 0. The van der Waals surface area contributed by atoms with E-state index in [1.165, 1.54) is 22.3 Å². The summed E-state index contributed by atoms with van der Waals surface area (Å²) in [4.78, 5) is 4.72. The molecule has 2 heterocycles. The fraction of sp³-hybridized carbons (Fsp3) is 0.242. The van der Waals surface area contributed by atoms with Crippen LogP contribution in [0.5, 0.6) is 0 Å². The van der Waals surface area contributed by atoms with E-state index in [1.54, 1.807) is 0 Å². The van der Waals surface area contributed by atoms with Gasteiger partial charge in [0, 0.05) is 55.7 Å². The quantitative estimate of drug-likeness (QED) is 0.166. The highest BCUT2D eigenvalue weighted by atomic mass is 16.3. The second kappa shape index (κ2) is 16.1. The van der Waals surface area contributed by atoms with Crippen molar-refractivity contribution in [2.45, 2.75) is 105 Å². The lowest BCUT2D eigenvalue weighted by molar-refractivity contribution is 0.590. The maximum atomic E-state index is 6.75. The van der Waals surface area contributed by atoms with Crippen LogP contribution in [0.15, 0.2) is 179 Å². The van der Waals surface area contributed by atoms with E-state index in [1.807, 2.05) is 0 Å². The van der Waals surface area contributed by atoms with Crippen LogP contribution < -0.4 is 9.80 Å². The normalized spacial score (nSPS) is 12.9. The monoisotopic (exact) mass is 916 g/mol. The van der Waals surface area contributed by atoms with Crippen molar-refractivity contribution in [3.63, 3.8) is 0 Å². The Labute approximate surface area is 413 Å². The average molecular weight is 917 g/mol.